The Kier molecular flexibility index (Phi) is 6.57. The summed E-state index contributed by atoms with van der Waals surface area (Å²) in [6.45, 7) is 6.59. The second-order valence-corrected chi connectivity index (χ2v) is 13.4. The zero-order valence-electron chi connectivity index (χ0n) is 22.0. The third-order valence-electron chi connectivity index (χ3n) is 7.49. The average molecular weight is 535 g/mol. The van der Waals surface area contributed by atoms with Crippen molar-refractivity contribution in [2.24, 2.45) is 0 Å². The van der Waals surface area contributed by atoms with Crippen LogP contribution in [0.5, 0.6) is 0 Å². The van der Waals surface area contributed by atoms with Gasteiger partial charge in [-0.2, -0.15) is 0 Å². The van der Waals surface area contributed by atoms with Gasteiger partial charge < -0.3 is 0 Å². The molecule has 0 amide bonds. The number of ketones is 2. The number of carbonyl (C=O) groups is 2. The van der Waals surface area contributed by atoms with E-state index in [4.69, 9.17) is 0 Å². The van der Waals surface area contributed by atoms with Crippen LogP contribution in [0.15, 0.2) is 98.4 Å². The van der Waals surface area contributed by atoms with Gasteiger partial charge in [-0.3, -0.25) is 9.59 Å². The van der Waals surface area contributed by atoms with Gasteiger partial charge in [0.25, 0.3) is 0 Å². The number of carbonyl (C=O) groups excluding carboxylic acids is 2. The van der Waals surface area contributed by atoms with Gasteiger partial charge in [0.1, 0.15) is 0 Å². The zero-order chi connectivity index (χ0) is 26.4. The van der Waals surface area contributed by atoms with E-state index in [9.17, 15) is 9.59 Å². The first-order chi connectivity index (χ1) is 18.3. The Morgan fingerprint density at radius 2 is 1.13 bits per heavy atom. The predicted octanol–water partition coefficient (Wildman–Crippen LogP) is 8.94. The molecule has 38 heavy (non-hydrogen) atoms. The minimum Gasteiger partial charge on any atom is -0.289 e. The number of benzene rings is 4. The lowest BCUT2D eigenvalue weighted by Crippen LogP contribution is -2.22. The van der Waals surface area contributed by atoms with Gasteiger partial charge in [0.15, 0.2) is 11.6 Å². The van der Waals surface area contributed by atoms with Crippen molar-refractivity contribution in [3.05, 3.63) is 118 Å². The Balaban J connectivity index is 1.34. The van der Waals surface area contributed by atoms with Gasteiger partial charge in [0, 0.05) is 41.8 Å². The molecule has 4 aromatic carbocycles. The molecule has 0 bridgehead atoms. The Hall–Kier alpha value is -3.08. The summed E-state index contributed by atoms with van der Waals surface area (Å²) in [6.07, 6.45) is 4.74. The monoisotopic (exact) mass is 534 g/mol. The van der Waals surface area contributed by atoms with Crippen LogP contribution in [0.2, 0.25) is 0 Å². The summed E-state index contributed by atoms with van der Waals surface area (Å²) in [5.41, 5.74) is 6.25. The van der Waals surface area contributed by atoms with Crippen molar-refractivity contribution in [1.29, 1.82) is 0 Å². The second-order valence-electron chi connectivity index (χ2n) is 11.1. The summed E-state index contributed by atoms with van der Waals surface area (Å²) in [7, 11) is 0. The van der Waals surface area contributed by atoms with E-state index in [-0.39, 0.29) is 17.0 Å². The lowest BCUT2D eigenvalue weighted by atomic mass is 9.84. The lowest BCUT2D eigenvalue weighted by Gasteiger charge is -2.22. The maximum Gasteiger partial charge on any atom is 0.195 e. The van der Waals surface area contributed by atoms with E-state index in [1.807, 2.05) is 24.3 Å². The van der Waals surface area contributed by atoms with Crippen LogP contribution in [0.25, 0.3) is 0 Å². The number of hydrogen-bond donors (Lipinski definition) is 0. The molecule has 0 unspecified atom stereocenters. The van der Waals surface area contributed by atoms with E-state index in [1.54, 1.807) is 35.7 Å². The smallest absolute Gasteiger partial charge is 0.195 e. The van der Waals surface area contributed by atoms with Crippen molar-refractivity contribution in [1.82, 2.24) is 0 Å². The van der Waals surface area contributed by atoms with Crippen molar-refractivity contribution >= 4 is 35.1 Å². The number of rotatable bonds is 4. The minimum atomic E-state index is -0.0723. The summed E-state index contributed by atoms with van der Waals surface area (Å²) in [5.74, 6) is -0.141. The second kappa shape index (κ2) is 9.91. The van der Waals surface area contributed by atoms with Crippen molar-refractivity contribution in [3.63, 3.8) is 0 Å². The van der Waals surface area contributed by atoms with E-state index in [1.165, 1.54) is 29.5 Å². The molecule has 4 aromatic rings. The van der Waals surface area contributed by atoms with Gasteiger partial charge in [-0.25, -0.2) is 0 Å². The maximum atomic E-state index is 13.9. The van der Waals surface area contributed by atoms with Gasteiger partial charge in [-0.1, -0.05) is 86.8 Å². The molecule has 0 saturated heterocycles. The third kappa shape index (κ3) is 4.65. The maximum absolute atomic E-state index is 13.9. The van der Waals surface area contributed by atoms with E-state index >= 15 is 0 Å². The van der Waals surface area contributed by atoms with Crippen LogP contribution in [0, 0.1) is 0 Å². The predicted molar refractivity (Wildman–Crippen MR) is 156 cm³/mol. The van der Waals surface area contributed by atoms with Crippen LogP contribution in [-0.2, 0) is 18.3 Å². The van der Waals surface area contributed by atoms with Gasteiger partial charge in [0.05, 0.1) is 0 Å². The molecule has 0 N–H and O–H groups in total. The zero-order valence-corrected chi connectivity index (χ0v) is 23.6. The number of fused-ring (bicyclic) bond motifs is 3. The lowest BCUT2D eigenvalue weighted by molar-refractivity contribution is 0.0974. The first-order valence-electron chi connectivity index (χ1n) is 13.2. The fourth-order valence-corrected chi connectivity index (χ4v) is 7.42. The van der Waals surface area contributed by atoms with Gasteiger partial charge >= 0.3 is 0 Å². The average Bonchev–Trinajstić information content (AvgIpc) is 2.91. The first-order valence-corrected chi connectivity index (χ1v) is 14.9. The van der Waals surface area contributed by atoms with Crippen LogP contribution in [0.1, 0.15) is 82.1 Å². The molecule has 0 atom stereocenters. The van der Waals surface area contributed by atoms with Crippen molar-refractivity contribution in [2.75, 3.05) is 0 Å². The Labute approximate surface area is 233 Å². The van der Waals surface area contributed by atoms with Crippen molar-refractivity contribution in [2.45, 2.75) is 71.5 Å². The molecule has 2 aliphatic carbocycles. The van der Waals surface area contributed by atoms with Gasteiger partial charge in [0.2, 0.25) is 0 Å². The summed E-state index contributed by atoms with van der Waals surface area (Å²) in [6, 6.07) is 26.4. The molecule has 190 valence electrons. The molecule has 4 heteroatoms. The standard InChI is InChI=1S/C34H30O2S2/c1-34(2,3)23-15-18-24(19-16-23)37-28-12-6-10-26-30(28)32(35)27-11-7-13-29(31(27)33(26)36)38-25-17-14-21-8-4-5-9-22(21)20-25/h6-7,10-20H,4-5,8-9H2,1-3H3. The molecule has 2 aliphatic rings. The molecular formula is C34H30O2S2. The van der Waals surface area contributed by atoms with Crippen molar-refractivity contribution < 1.29 is 9.59 Å². The largest absolute Gasteiger partial charge is 0.289 e. The number of aryl methyl sites for hydroxylation is 2. The van der Waals surface area contributed by atoms with Crippen LogP contribution in [0.4, 0.5) is 0 Å². The van der Waals surface area contributed by atoms with E-state index in [0.29, 0.717) is 22.3 Å². The summed E-state index contributed by atoms with van der Waals surface area (Å²) >= 11 is 3.13. The molecule has 0 fully saturated rings. The minimum absolute atomic E-state index is 0.0683. The van der Waals surface area contributed by atoms with E-state index < -0.39 is 0 Å². The molecule has 2 nitrogen and oxygen atoms in total. The topological polar surface area (TPSA) is 34.1 Å². The molecule has 0 aromatic heterocycles. The third-order valence-corrected chi connectivity index (χ3v) is 9.61. The normalized spacial score (nSPS) is 14.6. The van der Waals surface area contributed by atoms with Crippen LogP contribution >= 0.6 is 23.5 Å². The highest BCUT2D eigenvalue weighted by atomic mass is 32.2. The summed E-state index contributed by atoms with van der Waals surface area (Å²) in [5, 5.41) is 0. The highest BCUT2D eigenvalue weighted by Crippen LogP contribution is 2.42. The Morgan fingerprint density at radius 1 is 0.605 bits per heavy atom. The van der Waals surface area contributed by atoms with Crippen LogP contribution in [0.3, 0.4) is 0 Å². The van der Waals surface area contributed by atoms with Gasteiger partial charge in [-0.05, 0) is 84.2 Å². The molecule has 6 rings (SSSR count). The summed E-state index contributed by atoms with van der Waals surface area (Å²) < 4.78 is 0. The fraction of sp³-hybridized carbons (Fsp3) is 0.235. The molecule has 0 radical (unpaired) electrons. The van der Waals surface area contributed by atoms with Crippen LogP contribution < -0.4 is 0 Å². The molecule has 0 spiro atoms. The number of hydrogen-bond acceptors (Lipinski definition) is 4. The Morgan fingerprint density at radius 3 is 1.71 bits per heavy atom. The SMILES string of the molecule is CC(C)(C)c1ccc(Sc2cccc3c2C(=O)c2cccc(Sc4ccc5c(c4)CCCC5)c2C3=O)cc1. The molecule has 0 heterocycles. The molecular weight excluding hydrogens is 505 g/mol. The molecule has 0 saturated carbocycles. The summed E-state index contributed by atoms with van der Waals surface area (Å²) in [4.78, 5) is 31.6. The highest BCUT2D eigenvalue weighted by molar-refractivity contribution is 7.99. The quantitative estimate of drug-likeness (QED) is 0.230. The fourth-order valence-electron chi connectivity index (χ4n) is 5.40. The van der Waals surface area contributed by atoms with E-state index in [0.717, 1.165) is 32.4 Å². The Bertz CT molecular complexity index is 1580. The highest BCUT2D eigenvalue weighted by Gasteiger charge is 2.34. The first kappa shape index (κ1) is 25.2. The van der Waals surface area contributed by atoms with Gasteiger partial charge in [-0.15, -0.1) is 0 Å². The van der Waals surface area contributed by atoms with Crippen LogP contribution in [-0.4, -0.2) is 11.6 Å². The van der Waals surface area contributed by atoms with E-state index in [2.05, 4.69) is 63.2 Å². The van der Waals surface area contributed by atoms with Crippen molar-refractivity contribution in [3.8, 4) is 0 Å². The molecule has 0 aliphatic heterocycles.